The van der Waals surface area contributed by atoms with Crippen LogP contribution < -0.4 is 0 Å². The van der Waals surface area contributed by atoms with Crippen LogP contribution in [-0.2, 0) is 0 Å². The molecule has 0 aliphatic carbocycles. The second kappa shape index (κ2) is 4.74. The van der Waals surface area contributed by atoms with E-state index in [1.165, 1.54) is 9.75 Å². The third-order valence-corrected chi connectivity index (χ3v) is 3.22. The molecule has 1 unspecified atom stereocenters. The number of hydrogen-bond acceptors (Lipinski definition) is 3. The molecule has 0 fully saturated rings. The summed E-state index contributed by atoms with van der Waals surface area (Å²) in [7, 11) is 4.10. The van der Waals surface area contributed by atoms with Gasteiger partial charge in [0.05, 0.1) is 0 Å². The van der Waals surface area contributed by atoms with Crippen molar-refractivity contribution in [2.75, 3.05) is 20.7 Å². The number of thiophene rings is 1. The second-order valence-electron chi connectivity index (χ2n) is 3.44. The van der Waals surface area contributed by atoms with E-state index in [1.807, 2.05) is 11.3 Å². The summed E-state index contributed by atoms with van der Waals surface area (Å²) in [5.74, 6) is 0. The van der Waals surface area contributed by atoms with Gasteiger partial charge in [0.25, 0.3) is 0 Å². The molecule has 0 radical (unpaired) electrons. The molecule has 0 saturated carbocycles. The lowest BCUT2D eigenvalue weighted by atomic mass is 10.1. The van der Waals surface area contributed by atoms with E-state index < -0.39 is 0 Å². The van der Waals surface area contributed by atoms with Gasteiger partial charge in [-0.05, 0) is 39.6 Å². The molecule has 0 bridgehead atoms. The van der Waals surface area contributed by atoms with Gasteiger partial charge in [0.15, 0.2) is 0 Å². The Kier molecular flexibility index (Phi) is 3.90. The van der Waals surface area contributed by atoms with Gasteiger partial charge in [-0.15, -0.1) is 11.3 Å². The lowest BCUT2D eigenvalue weighted by Crippen LogP contribution is -2.19. The smallest absolute Gasteiger partial charge is 0.0457 e. The van der Waals surface area contributed by atoms with Gasteiger partial charge < -0.3 is 10.0 Å². The minimum absolute atomic E-state index is 0.250. The topological polar surface area (TPSA) is 23.5 Å². The standard InChI is InChI=1S/C10H17NOS/c1-8-4-5-10(13-8)9(6-7-12)11(2)3/h4-5,9,12H,6-7H2,1-3H3. The first-order chi connectivity index (χ1) is 6.15. The van der Waals surface area contributed by atoms with Crippen LogP contribution in [0, 0.1) is 6.92 Å². The molecule has 0 spiro atoms. The second-order valence-corrected chi connectivity index (χ2v) is 4.76. The van der Waals surface area contributed by atoms with Gasteiger partial charge in [-0.3, -0.25) is 0 Å². The van der Waals surface area contributed by atoms with Crippen molar-refractivity contribution in [2.24, 2.45) is 0 Å². The summed E-state index contributed by atoms with van der Waals surface area (Å²) in [5.41, 5.74) is 0. The van der Waals surface area contributed by atoms with E-state index in [0.717, 1.165) is 6.42 Å². The lowest BCUT2D eigenvalue weighted by molar-refractivity contribution is 0.213. The summed E-state index contributed by atoms with van der Waals surface area (Å²) >= 11 is 1.81. The molecule has 74 valence electrons. The molecule has 1 N–H and O–H groups in total. The maximum Gasteiger partial charge on any atom is 0.0457 e. The van der Waals surface area contributed by atoms with Crippen LogP contribution >= 0.6 is 11.3 Å². The fourth-order valence-electron chi connectivity index (χ4n) is 1.41. The monoisotopic (exact) mass is 199 g/mol. The van der Waals surface area contributed by atoms with Crippen molar-refractivity contribution in [3.8, 4) is 0 Å². The largest absolute Gasteiger partial charge is 0.396 e. The SMILES string of the molecule is Cc1ccc(C(CCO)N(C)C)s1. The highest BCUT2D eigenvalue weighted by atomic mass is 32.1. The third-order valence-electron chi connectivity index (χ3n) is 2.12. The first kappa shape index (κ1) is 10.7. The number of aryl methyl sites for hydroxylation is 1. The summed E-state index contributed by atoms with van der Waals surface area (Å²) < 4.78 is 0. The molecule has 0 amide bonds. The van der Waals surface area contributed by atoms with Gasteiger partial charge in [0.1, 0.15) is 0 Å². The van der Waals surface area contributed by atoms with Crippen LogP contribution in [0.2, 0.25) is 0 Å². The average molecular weight is 199 g/mol. The van der Waals surface area contributed by atoms with E-state index >= 15 is 0 Å². The van der Waals surface area contributed by atoms with Crippen molar-refractivity contribution in [2.45, 2.75) is 19.4 Å². The Morgan fingerprint density at radius 3 is 2.54 bits per heavy atom. The average Bonchev–Trinajstić information content (AvgIpc) is 2.46. The lowest BCUT2D eigenvalue weighted by Gasteiger charge is -2.22. The predicted octanol–water partition coefficient (Wildman–Crippen LogP) is 2.04. The fraction of sp³-hybridized carbons (Fsp3) is 0.600. The third kappa shape index (κ3) is 2.79. The molecule has 1 aromatic heterocycles. The zero-order chi connectivity index (χ0) is 9.84. The molecular formula is C10H17NOS. The van der Waals surface area contributed by atoms with E-state index in [9.17, 15) is 0 Å². The molecule has 1 rings (SSSR count). The van der Waals surface area contributed by atoms with Crippen LogP contribution in [0.3, 0.4) is 0 Å². The van der Waals surface area contributed by atoms with Crippen molar-refractivity contribution in [1.82, 2.24) is 4.90 Å². The highest BCUT2D eigenvalue weighted by molar-refractivity contribution is 7.12. The van der Waals surface area contributed by atoms with Crippen LogP contribution in [0.4, 0.5) is 0 Å². The summed E-state index contributed by atoms with van der Waals surface area (Å²) in [4.78, 5) is 4.83. The number of aliphatic hydroxyl groups is 1. The van der Waals surface area contributed by atoms with Gasteiger partial charge >= 0.3 is 0 Å². The van der Waals surface area contributed by atoms with Crippen molar-refractivity contribution in [3.63, 3.8) is 0 Å². The maximum atomic E-state index is 8.93. The summed E-state index contributed by atoms with van der Waals surface area (Å²) in [6, 6.07) is 4.65. The number of hydrogen-bond donors (Lipinski definition) is 1. The fourth-order valence-corrected chi connectivity index (χ4v) is 2.52. The molecule has 13 heavy (non-hydrogen) atoms. The van der Waals surface area contributed by atoms with Crippen LogP contribution in [0.1, 0.15) is 22.2 Å². The Morgan fingerprint density at radius 1 is 1.46 bits per heavy atom. The molecule has 3 heteroatoms. The molecule has 2 nitrogen and oxygen atoms in total. The zero-order valence-corrected chi connectivity index (χ0v) is 9.27. The molecule has 0 aliphatic heterocycles. The van der Waals surface area contributed by atoms with Crippen LogP contribution in [0.15, 0.2) is 12.1 Å². The Bertz CT molecular complexity index is 257. The van der Waals surface area contributed by atoms with Gasteiger partial charge in [-0.25, -0.2) is 0 Å². The summed E-state index contributed by atoms with van der Waals surface area (Å²) in [6.07, 6.45) is 0.812. The summed E-state index contributed by atoms with van der Waals surface area (Å²) in [5, 5.41) is 8.93. The zero-order valence-electron chi connectivity index (χ0n) is 8.45. The normalized spacial score (nSPS) is 13.6. The minimum Gasteiger partial charge on any atom is -0.396 e. The minimum atomic E-state index is 0.250. The first-order valence-corrected chi connectivity index (χ1v) is 5.30. The molecule has 0 aliphatic rings. The van der Waals surface area contributed by atoms with Gasteiger partial charge in [-0.2, -0.15) is 0 Å². The highest BCUT2D eigenvalue weighted by Gasteiger charge is 2.14. The number of nitrogens with zero attached hydrogens (tertiary/aromatic N) is 1. The van der Waals surface area contributed by atoms with E-state index in [4.69, 9.17) is 5.11 Å². The van der Waals surface area contributed by atoms with E-state index in [1.54, 1.807) is 0 Å². The first-order valence-electron chi connectivity index (χ1n) is 4.48. The number of rotatable bonds is 4. The van der Waals surface area contributed by atoms with Crippen LogP contribution in [0.5, 0.6) is 0 Å². The Morgan fingerprint density at radius 2 is 2.15 bits per heavy atom. The van der Waals surface area contributed by atoms with Crippen molar-refractivity contribution < 1.29 is 5.11 Å². The van der Waals surface area contributed by atoms with Crippen molar-refractivity contribution in [3.05, 3.63) is 21.9 Å². The molecule has 0 saturated heterocycles. The summed E-state index contributed by atoms with van der Waals surface area (Å²) in [6.45, 7) is 2.36. The van der Waals surface area contributed by atoms with E-state index in [2.05, 4.69) is 38.1 Å². The Hall–Kier alpha value is -0.380. The maximum absolute atomic E-state index is 8.93. The van der Waals surface area contributed by atoms with Crippen molar-refractivity contribution >= 4 is 11.3 Å². The molecule has 1 heterocycles. The van der Waals surface area contributed by atoms with Gasteiger partial charge in [0.2, 0.25) is 0 Å². The van der Waals surface area contributed by atoms with Crippen LogP contribution in [-0.4, -0.2) is 30.7 Å². The number of aliphatic hydroxyl groups excluding tert-OH is 1. The molecule has 1 atom stereocenters. The molecule has 1 aromatic rings. The van der Waals surface area contributed by atoms with E-state index in [-0.39, 0.29) is 6.61 Å². The quantitative estimate of drug-likeness (QED) is 0.802. The predicted molar refractivity (Wildman–Crippen MR) is 57.2 cm³/mol. The van der Waals surface area contributed by atoms with Gasteiger partial charge in [-0.1, -0.05) is 0 Å². The van der Waals surface area contributed by atoms with Gasteiger partial charge in [0, 0.05) is 22.4 Å². The molecular weight excluding hydrogens is 182 g/mol. The highest BCUT2D eigenvalue weighted by Crippen LogP contribution is 2.28. The Balaban J connectivity index is 2.75. The van der Waals surface area contributed by atoms with E-state index in [0.29, 0.717) is 6.04 Å². The van der Waals surface area contributed by atoms with Crippen LogP contribution in [0.25, 0.3) is 0 Å². The van der Waals surface area contributed by atoms with Crippen molar-refractivity contribution in [1.29, 1.82) is 0 Å². The Labute approximate surface area is 83.8 Å². The molecule has 0 aromatic carbocycles.